The Hall–Kier alpha value is -2.13. The molecule has 0 fully saturated rings. The van der Waals surface area contributed by atoms with Gasteiger partial charge in [0.15, 0.2) is 0 Å². The minimum absolute atomic E-state index is 0.159. The predicted molar refractivity (Wildman–Crippen MR) is 86.9 cm³/mol. The van der Waals surface area contributed by atoms with Crippen molar-refractivity contribution < 1.29 is 4.79 Å². The van der Waals surface area contributed by atoms with Crippen molar-refractivity contribution in [2.75, 3.05) is 20.6 Å². The van der Waals surface area contributed by atoms with E-state index >= 15 is 0 Å². The minimum Gasteiger partial charge on any atom is -0.341 e. The molecule has 3 nitrogen and oxygen atoms in total. The number of amides is 1. The van der Waals surface area contributed by atoms with Gasteiger partial charge in [-0.25, -0.2) is 0 Å². The summed E-state index contributed by atoms with van der Waals surface area (Å²) in [6, 6.07) is 18.5. The van der Waals surface area contributed by atoms with Gasteiger partial charge in [0.1, 0.15) is 0 Å². The van der Waals surface area contributed by atoms with E-state index in [9.17, 15) is 4.79 Å². The van der Waals surface area contributed by atoms with Crippen LogP contribution in [0.15, 0.2) is 54.6 Å². The summed E-state index contributed by atoms with van der Waals surface area (Å²) in [5.74, 6) is 0.159. The molecule has 0 spiro atoms. The number of hydrogen-bond acceptors (Lipinski definition) is 2. The Morgan fingerprint density at radius 2 is 1.71 bits per heavy atom. The highest BCUT2D eigenvalue weighted by atomic mass is 16.2. The van der Waals surface area contributed by atoms with Crippen LogP contribution in [0, 0.1) is 0 Å². The van der Waals surface area contributed by atoms with Crippen LogP contribution in [-0.4, -0.2) is 31.4 Å². The van der Waals surface area contributed by atoms with Crippen LogP contribution in [-0.2, 0) is 11.3 Å². The average molecular weight is 282 g/mol. The van der Waals surface area contributed by atoms with Crippen molar-refractivity contribution in [3.63, 3.8) is 0 Å². The summed E-state index contributed by atoms with van der Waals surface area (Å²) in [7, 11) is 3.72. The van der Waals surface area contributed by atoms with E-state index in [1.165, 1.54) is 16.7 Å². The summed E-state index contributed by atoms with van der Waals surface area (Å²) in [6.07, 6.45) is 0.528. The highest BCUT2D eigenvalue weighted by molar-refractivity contribution is 5.76. The number of hydrogen-bond donors (Lipinski definition) is 1. The predicted octanol–water partition coefficient (Wildman–Crippen LogP) is 2.92. The van der Waals surface area contributed by atoms with E-state index in [4.69, 9.17) is 0 Å². The summed E-state index contributed by atoms with van der Waals surface area (Å²) < 4.78 is 0. The Bertz CT molecular complexity index is 581. The fourth-order valence-electron chi connectivity index (χ4n) is 2.32. The second-order valence-electron chi connectivity index (χ2n) is 5.13. The number of carbonyl (C=O) groups excluding carboxylic acids is 1. The van der Waals surface area contributed by atoms with Crippen molar-refractivity contribution in [1.82, 2.24) is 10.2 Å². The Balaban J connectivity index is 2.16. The van der Waals surface area contributed by atoms with Gasteiger partial charge in [-0.2, -0.15) is 0 Å². The van der Waals surface area contributed by atoms with E-state index in [0.717, 1.165) is 0 Å². The van der Waals surface area contributed by atoms with E-state index < -0.39 is 0 Å². The van der Waals surface area contributed by atoms with Gasteiger partial charge in [-0.3, -0.25) is 4.79 Å². The monoisotopic (exact) mass is 282 g/mol. The van der Waals surface area contributed by atoms with Crippen molar-refractivity contribution in [3.8, 4) is 11.1 Å². The fraction of sp³-hybridized carbons (Fsp3) is 0.278. The molecule has 2 aromatic carbocycles. The molecule has 2 rings (SSSR count). The SMILES string of the molecule is CNCCC(=O)N(C)Cc1ccccc1-c1ccccc1. The maximum Gasteiger partial charge on any atom is 0.223 e. The highest BCUT2D eigenvalue weighted by Gasteiger charge is 2.11. The number of benzene rings is 2. The van der Waals surface area contributed by atoms with Gasteiger partial charge >= 0.3 is 0 Å². The van der Waals surface area contributed by atoms with E-state index in [1.54, 1.807) is 4.90 Å². The molecule has 21 heavy (non-hydrogen) atoms. The van der Waals surface area contributed by atoms with Gasteiger partial charge < -0.3 is 10.2 Å². The van der Waals surface area contributed by atoms with Crippen LogP contribution in [0.4, 0.5) is 0 Å². The minimum atomic E-state index is 0.159. The Labute approximate surface area is 126 Å². The van der Waals surface area contributed by atoms with Crippen LogP contribution < -0.4 is 5.32 Å². The largest absolute Gasteiger partial charge is 0.341 e. The van der Waals surface area contributed by atoms with E-state index in [1.807, 2.05) is 44.4 Å². The van der Waals surface area contributed by atoms with Crippen molar-refractivity contribution in [2.45, 2.75) is 13.0 Å². The van der Waals surface area contributed by atoms with E-state index in [0.29, 0.717) is 19.5 Å². The first-order valence-electron chi connectivity index (χ1n) is 7.24. The van der Waals surface area contributed by atoms with Gasteiger partial charge in [-0.15, -0.1) is 0 Å². The lowest BCUT2D eigenvalue weighted by Crippen LogP contribution is -2.28. The molecule has 0 radical (unpaired) electrons. The lowest BCUT2D eigenvalue weighted by molar-refractivity contribution is -0.130. The van der Waals surface area contributed by atoms with Gasteiger partial charge in [0.25, 0.3) is 0 Å². The molecule has 2 aromatic rings. The van der Waals surface area contributed by atoms with Crippen molar-refractivity contribution in [1.29, 1.82) is 0 Å². The molecular formula is C18H22N2O. The average Bonchev–Trinajstić information content (AvgIpc) is 2.54. The maximum atomic E-state index is 12.0. The first kappa shape index (κ1) is 15.3. The zero-order valence-corrected chi connectivity index (χ0v) is 12.7. The van der Waals surface area contributed by atoms with E-state index in [-0.39, 0.29) is 5.91 Å². The van der Waals surface area contributed by atoms with Crippen LogP contribution in [0.25, 0.3) is 11.1 Å². The molecule has 0 unspecified atom stereocenters. The second-order valence-corrected chi connectivity index (χ2v) is 5.13. The lowest BCUT2D eigenvalue weighted by atomic mass is 9.99. The zero-order valence-electron chi connectivity index (χ0n) is 12.7. The molecule has 0 aliphatic rings. The summed E-state index contributed by atoms with van der Waals surface area (Å²) in [5.41, 5.74) is 3.54. The van der Waals surface area contributed by atoms with Crippen LogP contribution in [0.2, 0.25) is 0 Å². The second kappa shape index (κ2) is 7.60. The molecule has 0 atom stereocenters. The molecule has 0 bridgehead atoms. The van der Waals surface area contributed by atoms with Gasteiger partial charge in [0, 0.05) is 26.6 Å². The first-order valence-corrected chi connectivity index (χ1v) is 7.24. The third-order valence-corrected chi connectivity index (χ3v) is 3.52. The van der Waals surface area contributed by atoms with Gasteiger partial charge in [0.2, 0.25) is 5.91 Å². The number of rotatable bonds is 6. The van der Waals surface area contributed by atoms with Crippen molar-refractivity contribution in [3.05, 3.63) is 60.2 Å². The quantitative estimate of drug-likeness (QED) is 0.883. The molecule has 0 aromatic heterocycles. The van der Waals surface area contributed by atoms with Gasteiger partial charge in [0.05, 0.1) is 0 Å². The van der Waals surface area contributed by atoms with Crippen LogP contribution in [0.3, 0.4) is 0 Å². The molecule has 1 N–H and O–H groups in total. The zero-order chi connectivity index (χ0) is 15.1. The molecule has 0 aliphatic carbocycles. The molecule has 0 saturated heterocycles. The third kappa shape index (κ3) is 4.17. The van der Waals surface area contributed by atoms with Crippen LogP contribution in [0.5, 0.6) is 0 Å². The van der Waals surface area contributed by atoms with Crippen LogP contribution in [0.1, 0.15) is 12.0 Å². The molecular weight excluding hydrogens is 260 g/mol. The molecule has 110 valence electrons. The Kier molecular flexibility index (Phi) is 5.52. The van der Waals surface area contributed by atoms with Gasteiger partial charge in [-0.1, -0.05) is 54.6 Å². The summed E-state index contributed by atoms with van der Waals surface area (Å²) in [6.45, 7) is 1.34. The summed E-state index contributed by atoms with van der Waals surface area (Å²) >= 11 is 0. The Morgan fingerprint density at radius 1 is 1.05 bits per heavy atom. The standard InChI is InChI=1S/C18H22N2O/c1-19-13-12-18(21)20(2)14-16-10-6-7-11-17(16)15-8-4-3-5-9-15/h3-11,19H,12-14H2,1-2H3. The molecule has 0 saturated carbocycles. The first-order chi connectivity index (χ1) is 10.2. The lowest BCUT2D eigenvalue weighted by Gasteiger charge is -2.19. The number of nitrogens with one attached hydrogen (secondary N) is 1. The van der Waals surface area contributed by atoms with E-state index in [2.05, 4.69) is 29.6 Å². The van der Waals surface area contributed by atoms with Crippen molar-refractivity contribution in [2.24, 2.45) is 0 Å². The number of nitrogens with zero attached hydrogens (tertiary/aromatic N) is 1. The highest BCUT2D eigenvalue weighted by Crippen LogP contribution is 2.24. The molecule has 0 heterocycles. The van der Waals surface area contributed by atoms with Crippen LogP contribution >= 0.6 is 0 Å². The molecule has 0 aliphatic heterocycles. The molecule has 1 amide bonds. The van der Waals surface area contributed by atoms with Gasteiger partial charge in [-0.05, 0) is 23.7 Å². The summed E-state index contributed by atoms with van der Waals surface area (Å²) in [4.78, 5) is 13.8. The van der Waals surface area contributed by atoms with Crippen molar-refractivity contribution >= 4 is 5.91 Å². The normalized spacial score (nSPS) is 10.4. The molecule has 3 heteroatoms. The smallest absolute Gasteiger partial charge is 0.223 e. The number of carbonyl (C=O) groups is 1. The Morgan fingerprint density at radius 3 is 2.43 bits per heavy atom. The summed E-state index contributed by atoms with van der Waals surface area (Å²) in [5, 5.41) is 3.01. The topological polar surface area (TPSA) is 32.3 Å². The fourth-order valence-corrected chi connectivity index (χ4v) is 2.32. The maximum absolute atomic E-state index is 12.0. The third-order valence-electron chi connectivity index (χ3n) is 3.52.